The predicted octanol–water partition coefficient (Wildman–Crippen LogP) is 11.3. The van der Waals surface area contributed by atoms with E-state index in [1.807, 2.05) is 24.3 Å². The van der Waals surface area contributed by atoms with Crippen LogP contribution in [0.2, 0.25) is 0 Å². The molecule has 2 aliphatic carbocycles. The summed E-state index contributed by atoms with van der Waals surface area (Å²) in [6.07, 6.45) is 11.2. The van der Waals surface area contributed by atoms with E-state index in [1.165, 1.54) is 73.6 Å². The molecule has 4 aromatic carbocycles. The van der Waals surface area contributed by atoms with Crippen molar-refractivity contribution < 1.29 is 36.6 Å². The molecule has 2 aliphatic heterocycles. The van der Waals surface area contributed by atoms with Gasteiger partial charge in [-0.05, 0) is 156 Å². The van der Waals surface area contributed by atoms with Crippen molar-refractivity contribution in [2.24, 2.45) is 35.5 Å². The fourth-order valence-electron chi connectivity index (χ4n) is 12.5. The second-order valence-electron chi connectivity index (χ2n) is 23.3. The van der Waals surface area contributed by atoms with Gasteiger partial charge in [-0.3, -0.25) is 19.4 Å². The van der Waals surface area contributed by atoms with E-state index in [-0.39, 0.29) is 46.3 Å². The van der Waals surface area contributed by atoms with E-state index in [2.05, 4.69) is 74.1 Å². The number of aliphatic hydroxyl groups excluding tert-OH is 2. The van der Waals surface area contributed by atoms with Crippen LogP contribution < -0.4 is 10.6 Å². The standard InChI is InChI=1S/2C31H44N2O4S/c2*1-5-38(36,37)27-13-10-24(11-14-27)29(16-17-34)32-31(35)25-12-15-28-26(18-25)20-33(30(28)21(2)3)19-23-8-6-22(4)7-9-23/h2*10-15,18,21-23,29-30,34H,5-9,16-17,19-20H2,1-4H3,(H,32,35)/t22?,23?,29-,30+;22?,23?,29-,30-/m00/s1. The number of aliphatic hydroxyl groups is 2. The summed E-state index contributed by atoms with van der Waals surface area (Å²) in [6.45, 7) is 20.9. The lowest BCUT2D eigenvalue weighted by molar-refractivity contribution is 0.0921. The van der Waals surface area contributed by atoms with Crippen LogP contribution in [0.25, 0.3) is 0 Å². The van der Waals surface area contributed by atoms with E-state index in [9.17, 15) is 36.6 Å². The molecule has 0 radical (unpaired) electrons. The molecule has 2 saturated carbocycles. The van der Waals surface area contributed by atoms with Crippen molar-refractivity contribution in [2.75, 3.05) is 37.8 Å². The second kappa shape index (κ2) is 26.5. The molecule has 4 atom stereocenters. The minimum Gasteiger partial charge on any atom is -0.396 e. The number of sulfone groups is 2. The summed E-state index contributed by atoms with van der Waals surface area (Å²) in [7, 11) is -6.59. The molecule has 416 valence electrons. The topological polar surface area (TPSA) is 173 Å². The zero-order valence-electron chi connectivity index (χ0n) is 46.6. The fourth-order valence-corrected chi connectivity index (χ4v) is 14.3. The van der Waals surface area contributed by atoms with Gasteiger partial charge in [-0.25, -0.2) is 16.8 Å². The highest BCUT2D eigenvalue weighted by Gasteiger charge is 2.37. The maximum Gasteiger partial charge on any atom is 0.251 e. The third-order valence-corrected chi connectivity index (χ3v) is 20.5. The number of hydrogen-bond donors (Lipinski definition) is 4. The average molecular weight is 1080 g/mol. The molecular weight excluding hydrogens is 993 g/mol. The van der Waals surface area contributed by atoms with Crippen molar-refractivity contribution in [3.8, 4) is 0 Å². The summed E-state index contributed by atoms with van der Waals surface area (Å²) in [5.74, 6) is 3.90. The molecular formula is C62H88N4O8S2. The third-order valence-electron chi connectivity index (χ3n) is 17.0. The van der Waals surface area contributed by atoms with Gasteiger partial charge >= 0.3 is 0 Å². The van der Waals surface area contributed by atoms with Crippen LogP contribution in [0.5, 0.6) is 0 Å². The van der Waals surface area contributed by atoms with Crippen molar-refractivity contribution in [3.63, 3.8) is 0 Å². The summed E-state index contributed by atoms with van der Waals surface area (Å²) in [5, 5.41) is 25.4. The number of amides is 2. The van der Waals surface area contributed by atoms with Crippen molar-refractivity contribution in [1.29, 1.82) is 0 Å². The minimum atomic E-state index is -3.29. The minimum absolute atomic E-state index is 0.0381. The Morgan fingerprint density at radius 1 is 0.539 bits per heavy atom. The van der Waals surface area contributed by atoms with Gasteiger partial charge in [-0.1, -0.05) is 117 Å². The molecule has 2 heterocycles. The van der Waals surface area contributed by atoms with Crippen molar-refractivity contribution in [2.45, 2.75) is 167 Å². The highest BCUT2D eigenvalue weighted by Crippen LogP contribution is 2.43. The smallest absolute Gasteiger partial charge is 0.251 e. The van der Waals surface area contributed by atoms with Gasteiger partial charge in [0.2, 0.25) is 0 Å². The normalized spacial score (nSPS) is 22.8. The molecule has 4 aliphatic rings. The van der Waals surface area contributed by atoms with Gasteiger partial charge in [-0.15, -0.1) is 0 Å². The largest absolute Gasteiger partial charge is 0.396 e. The number of carbonyl (C=O) groups excluding carboxylic acids is 2. The maximum absolute atomic E-state index is 13.3. The van der Waals surface area contributed by atoms with Gasteiger partial charge in [0.25, 0.3) is 11.8 Å². The molecule has 0 saturated heterocycles. The fraction of sp³-hybridized carbons (Fsp3) is 0.581. The van der Waals surface area contributed by atoms with E-state index in [1.54, 1.807) is 62.4 Å². The van der Waals surface area contributed by atoms with E-state index >= 15 is 0 Å². The summed E-state index contributed by atoms with van der Waals surface area (Å²) in [6, 6.07) is 25.3. The molecule has 0 unspecified atom stereocenters. The first-order chi connectivity index (χ1) is 36.2. The zero-order valence-corrected chi connectivity index (χ0v) is 48.3. The first-order valence-corrected chi connectivity index (χ1v) is 31.8. The first kappa shape index (κ1) is 59.2. The van der Waals surface area contributed by atoms with Gasteiger partial charge in [0.1, 0.15) is 0 Å². The Kier molecular flexibility index (Phi) is 20.6. The van der Waals surface area contributed by atoms with Crippen LogP contribution in [0, 0.1) is 35.5 Å². The molecule has 4 N–H and O–H groups in total. The predicted molar refractivity (Wildman–Crippen MR) is 303 cm³/mol. The number of fused-ring (bicyclic) bond motifs is 2. The molecule has 8 rings (SSSR count). The van der Waals surface area contributed by atoms with Crippen LogP contribution in [0.1, 0.15) is 198 Å². The van der Waals surface area contributed by atoms with Gasteiger partial charge in [-0.2, -0.15) is 0 Å². The Bertz CT molecular complexity index is 2590. The molecule has 2 fully saturated rings. The summed E-state index contributed by atoms with van der Waals surface area (Å²) < 4.78 is 48.7. The van der Waals surface area contributed by atoms with Crippen LogP contribution in [0.3, 0.4) is 0 Å². The number of rotatable bonds is 20. The van der Waals surface area contributed by atoms with Gasteiger partial charge < -0.3 is 20.8 Å². The Morgan fingerprint density at radius 3 is 1.18 bits per heavy atom. The molecule has 0 spiro atoms. The van der Waals surface area contributed by atoms with Crippen LogP contribution in [-0.2, 0) is 32.8 Å². The van der Waals surface area contributed by atoms with Crippen molar-refractivity contribution in [1.82, 2.24) is 20.4 Å². The van der Waals surface area contributed by atoms with Crippen LogP contribution in [0.4, 0.5) is 0 Å². The van der Waals surface area contributed by atoms with Crippen LogP contribution in [0.15, 0.2) is 94.7 Å². The molecule has 4 aromatic rings. The van der Waals surface area contributed by atoms with E-state index < -0.39 is 31.8 Å². The van der Waals surface area contributed by atoms with Crippen LogP contribution in [-0.4, -0.2) is 86.5 Å². The van der Waals surface area contributed by atoms with E-state index in [4.69, 9.17) is 0 Å². The van der Waals surface area contributed by atoms with Crippen molar-refractivity contribution in [3.05, 3.63) is 129 Å². The summed E-state index contributed by atoms with van der Waals surface area (Å²) in [5.41, 5.74) is 7.91. The number of nitrogens with zero attached hydrogens (tertiary/aromatic N) is 2. The molecule has 12 nitrogen and oxygen atoms in total. The van der Waals surface area contributed by atoms with E-state index in [0.29, 0.717) is 47.9 Å². The maximum atomic E-state index is 13.3. The Balaban J connectivity index is 0.000000221. The lowest BCUT2D eigenvalue weighted by Gasteiger charge is -2.34. The second-order valence-corrected chi connectivity index (χ2v) is 27.9. The summed E-state index contributed by atoms with van der Waals surface area (Å²) in [4.78, 5) is 32.4. The summed E-state index contributed by atoms with van der Waals surface area (Å²) >= 11 is 0. The molecule has 0 bridgehead atoms. The number of hydrogen-bond acceptors (Lipinski definition) is 10. The number of carbonyl (C=O) groups is 2. The highest BCUT2D eigenvalue weighted by molar-refractivity contribution is 7.91. The average Bonchev–Trinajstić information content (AvgIpc) is 3.98. The van der Waals surface area contributed by atoms with Gasteiger partial charge in [0.15, 0.2) is 19.7 Å². The quantitative estimate of drug-likeness (QED) is 0.0667. The Hall–Kier alpha value is -4.44. The number of nitrogens with one attached hydrogen (secondary N) is 2. The van der Waals surface area contributed by atoms with Crippen LogP contribution >= 0.6 is 0 Å². The molecule has 76 heavy (non-hydrogen) atoms. The molecule has 2 amide bonds. The first-order valence-electron chi connectivity index (χ1n) is 28.5. The lowest BCUT2D eigenvalue weighted by atomic mass is 9.82. The highest BCUT2D eigenvalue weighted by atomic mass is 32.2. The van der Waals surface area contributed by atoms with E-state index in [0.717, 1.165) is 61.0 Å². The lowest BCUT2D eigenvalue weighted by Crippen LogP contribution is -2.32. The number of benzene rings is 4. The molecule has 0 aromatic heterocycles. The Morgan fingerprint density at radius 2 is 0.882 bits per heavy atom. The molecule has 14 heteroatoms. The van der Waals surface area contributed by atoms with Crippen molar-refractivity contribution >= 4 is 31.5 Å². The Labute approximate surface area is 455 Å². The van der Waals surface area contributed by atoms with Gasteiger partial charge in [0.05, 0.1) is 33.4 Å². The SMILES string of the molecule is CCS(=O)(=O)c1ccc([C@H](CCO)NC(=O)c2ccc3c(c2)CN(CC2CCC(C)CC2)[C@@H]3C(C)C)cc1.CCS(=O)(=O)c1ccc([C@H](CCO)NC(=O)c2ccc3c(c2)CN(CC2CCC(C)CC2)[C@H]3C(C)C)cc1. The van der Waals surface area contributed by atoms with Gasteiger partial charge in [0, 0.05) is 62.6 Å². The third kappa shape index (κ3) is 14.6. The monoisotopic (exact) mass is 1080 g/mol. The zero-order chi connectivity index (χ0) is 54.9.